The van der Waals surface area contributed by atoms with Crippen LogP contribution in [0.1, 0.15) is 125 Å². The van der Waals surface area contributed by atoms with Gasteiger partial charge in [0.05, 0.1) is 0 Å². The Morgan fingerprint density at radius 3 is 0.767 bits per heavy atom. The number of ether oxygens (including phenoxy) is 1. The van der Waals surface area contributed by atoms with E-state index >= 15 is 0 Å². The molecule has 0 saturated heterocycles. The molecule has 0 aliphatic rings. The topological polar surface area (TPSA) is 9.23 Å². The molecule has 184 valence electrons. The summed E-state index contributed by atoms with van der Waals surface area (Å²) in [5, 5.41) is 0. The van der Waals surface area contributed by atoms with Gasteiger partial charge in [0.1, 0.15) is 0 Å². The summed E-state index contributed by atoms with van der Waals surface area (Å²) >= 11 is 4.64. The number of rotatable bonds is 1. The van der Waals surface area contributed by atoms with Gasteiger partial charge in [-0.3, -0.25) is 0 Å². The van der Waals surface area contributed by atoms with Gasteiger partial charge in [-0.05, 0) is 11.3 Å². The van der Waals surface area contributed by atoms with Crippen LogP contribution in [-0.4, -0.2) is 17.5 Å². The quantitative estimate of drug-likeness (QED) is 0.257. The molecule has 0 spiro atoms. The second-order valence-corrected chi connectivity index (χ2v) is 18.3. The summed E-state index contributed by atoms with van der Waals surface area (Å²) in [5.41, 5.74) is 1.41. The molecule has 0 aromatic carbocycles. The van der Waals surface area contributed by atoms with Crippen LogP contribution in [-0.2, 0) is 62.8 Å². The molecule has 30 heavy (non-hydrogen) atoms. The fourth-order valence-electron chi connectivity index (χ4n) is 0.431. The van der Waals surface area contributed by atoms with Crippen molar-refractivity contribution in [1.29, 1.82) is 0 Å². The Morgan fingerprint density at radius 2 is 0.767 bits per heavy atom. The fourth-order valence-corrected chi connectivity index (χ4v) is 1.33. The summed E-state index contributed by atoms with van der Waals surface area (Å²) in [7, 11) is 0. The molecule has 0 heterocycles. The molecule has 0 unspecified atom stereocenters. The normalized spacial score (nSPS) is 11.4. The zero-order valence-electron chi connectivity index (χ0n) is 22.7. The first-order chi connectivity index (χ1) is 12.2. The van der Waals surface area contributed by atoms with Crippen molar-refractivity contribution in [2.24, 2.45) is 22.2 Å². The Balaban J connectivity index is -0.0000000917. The van der Waals surface area contributed by atoms with E-state index in [0.717, 1.165) is 10.0 Å². The van der Waals surface area contributed by atoms with E-state index in [-0.39, 0.29) is 13.0 Å². The van der Waals surface area contributed by atoms with Crippen molar-refractivity contribution in [2.45, 2.75) is 131 Å². The van der Waals surface area contributed by atoms with Gasteiger partial charge >= 0.3 is 174 Å². The Bertz CT molecular complexity index is 452. The van der Waals surface area contributed by atoms with Crippen molar-refractivity contribution in [3.63, 3.8) is 0 Å². The number of hydrogen-bond donors (Lipinski definition) is 0. The molecular weight excluding hydrogens is 880 g/mol. The van der Waals surface area contributed by atoms with Crippen molar-refractivity contribution in [2.75, 3.05) is 0 Å². The molecule has 0 atom stereocenters. The average molecular weight is 936 g/mol. The minimum absolute atomic E-state index is 0. The number of hydrogen-bond acceptors (Lipinski definition) is 1. The molecule has 1 nitrogen and oxygen atoms in total. The van der Waals surface area contributed by atoms with E-state index in [1.54, 1.807) is 46.5 Å². The van der Waals surface area contributed by atoms with Crippen LogP contribution >= 0.6 is 0 Å². The molecule has 0 aliphatic heterocycles. The molecule has 0 aromatic rings. The maximum atomic E-state index is 5.39. The van der Waals surface area contributed by atoms with Crippen LogP contribution in [0.4, 0.5) is 0 Å². The van der Waals surface area contributed by atoms with Gasteiger partial charge < -0.3 is 0 Å². The predicted molar refractivity (Wildman–Crippen MR) is 133 cm³/mol. The van der Waals surface area contributed by atoms with Gasteiger partial charge in [0.15, 0.2) is 0 Å². The molecule has 0 N–H and O–H groups in total. The van der Waals surface area contributed by atoms with Crippen LogP contribution in [0, 0.1) is 22.2 Å². The van der Waals surface area contributed by atoms with Crippen LogP contribution < -0.4 is 0 Å². The molecule has 0 bridgehead atoms. The average Bonchev–Trinajstić information content (AvgIpc) is 2.33. The van der Waals surface area contributed by atoms with Crippen LogP contribution in [0.5, 0.6) is 0 Å². The third-order valence-electron chi connectivity index (χ3n) is 4.29. The summed E-state index contributed by atoms with van der Waals surface area (Å²) in [5.74, 6) is 0.799. The molecule has 0 aromatic heterocycles. The predicted octanol–water partition coefficient (Wildman–Crippen LogP) is 8.37. The standard InChI is InChI=1S/C7H16.C6H12O.2C6H12.CH4.3W/c1-6(2)7(3,4)5;1-5-7-6(2,3)4;2*1-5-6(2,3)4;;;;/h6H,1-5H3;1-4H3;2*1-4H3;1H4;;;. The molecule has 0 fully saturated rings. The Kier molecular flexibility index (Phi) is 25.1. The summed E-state index contributed by atoms with van der Waals surface area (Å²) in [6, 6.07) is 0. The second kappa shape index (κ2) is 18.0. The van der Waals surface area contributed by atoms with Gasteiger partial charge in [0, 0.05) is 0 Å². The molecule has 0 rings (SSSR count). The van der Waals surface area contributed by atoms with E-state index in [4.69, 9.17) is 4.74 Å². The van der Waals surface area contributed by atoms with E-state index in [9.17, 15) is 0 Å². The fraction of sp³-hybridized carbons (Fsp3) is 0.885. The van der Waals surface area contributed by atoms with Crippen LogP contribution in [0.25, 0.3) is 0 Å². The molecule has 0 saturated carbocycles. The third kappa shape index (κ3) is 40.0. The van der Waals surface area contributed by atoms with Gasteiger partial charge in [0.2, 0.25) is 0 Å². The third-order valence-corrected chi connectivity index (χ3v) is 8.99. The van der Waals surface area contributed by atoms with Gasteiger partial charge in [-0.15, -0.1) is 0 Å². The zero-order chi connectivity index (χ0) is 25.0. The van der Waals surface area contributed by atoms with E-state index in [1.165, 1.54) is 19.4 Å². The van der Waals surface area contributed by atoms with Crippen LogP contribution in [0.3, 0.4) is 0 Å². The van der Waals surface area contributed by atoms with Crippen molar-refractivity contribution in [3.05, 3.63) is 0 Å². The maximum absolute atomic E-state index is 5.39. The van der Waals surface area contributed by atoms with E-state index in [0.29, 0.717) is 16.2 Å². The van der Waals surface area contributed by atoms with Crippen LogP contribution in [0.15, 0.2) is 0 Å². The summed E-state index contributed by atoms with van der Waals surface area (Å²) in [6.07, 6.45) is 0. The first-order valence-electron chi connectivity index (χ1n) is 10.5. The Labute approximate surface area is 225 Å². The van der Waals surface area contributed by atoms with Crippen molar-refractivity contribution >= 4 is 11.9 Å². The van der Waals surface area contributed by atoms with Crippen molar-refractivity contribution in [3.8, 4) is 0 Å². The van der Waals surface area contributed by atoms with Gasteiger partial charge in [0.25, 0.3) is 0 Å². The first-order valence-corrected chi connectivity index (χ1v) is 14.9. The van der Waals surface area contributed by atoms with E-state index in [1.807, 2.05) is 6.92 Å². The first kappa shape index (κ1) is 41.9. The monoisotopic (exact) mass is 936 g/mol. The molecular formula is C26H56OW3. The molecule has 0 amide bonds. The van der Waals surface area contributed by atoms with Crippen molar-refractivity contribution < 1.29 is 62.8 Å². The van der Waals surface area contributed by atoms with Crippen molar-refractivity contribution in [1.82, 2.24) is 0 Å². The van der Waals surface area contributed by atoms with Gasteiger partial charge in [-0.2, -0.15) is 0 Å². The SMILES string of the molecule is C.CC(C)C(C)(C)C.C[C](=[W])C(C)(C)C.C[C](=[W])C(C)(C)C.C[C](=[W])OC(C)(C)C. The van der Waals surface area contributed by atoms with Gasteiger partial charge in [-0.25, -0.2) is 0 Å². The summed E-state index contributed by atoms with van der Waals surface area (Å²) < 4.78 is 9.65. The Morgan fingerprint density at radius 1 is 0.600 bits per heavy atom. The Hall–Kier alpha value is 1.63. The van der Waals surface area contributed by atoms with Crippen LogP contribution in [0.2, 0.25) is 0 Å². The van der Waals surface area contributed by atoms with Gasteiger partial charge in [-0.1, -0.05) is 42.0 Å². The van der Waals surface area contributed by atoms with E-state index < -0.39 is 0 Å². The second-order valence-electron chi connectivity index (χ2n) is 11.8. The molecule has 4 heteroatoms. The van der Waals surface area contributed by atoms with E-state index in [2.05, 4.69) is 111 Å². The molecule has 0 radical (unpaired) electrons. The molecule has 0 aliphatic carbocycles. The zero-order valence-corrected chi connectivity index (χ0v) is 31.5. The summed E-state index contributed by atoms with van der Waals surface area (Å²) in [6.45, 7) is 37.3. The summed E-state index contributed by atoms with van der Waals surface area (Å²) in [4.78, 5) is 0. The minimum atomic E-state index is 0.